The van der Waals surface area contributed by atoms with Gasteiger partial charge in [-0.3, -0.25) is 4.79 Å². The van der Waals surface area contributed by atoms with Crippen LogP contribution in [0.25, 0.3) is 0 Å². The molecular formula is C21H27N3O5S. The molecule has 2 aromatic carbocycles. The third-order valence-corrected chi connectivity index (χ3v) is 6.93. The van der Waals surface area contributed by atoms with Gasteiger partial charge in [0.25, 0.3) is 5.91 Å². The van der Waals surface area contributed by atoms with Crippen molar-refractivity contribution in [3.63, 3.8) is 0 Å². The van der Waals surface area contributed by atoms with E-state index >= 15 is 0 Å². The lowest BCUT2D eigenvalue weighted by molar-refractivity contribution is 0.102. The molecule has 3 rings (SSSR count). The van der Waals surface area contributed by atoms with Crippen molar-refractivity contribution in [2.75, 3.05) is 52.8 Å². The molecule has 8 nitrogen and oxygen atoms in total. The number of benzene rings is 2. The summed E-state index contributed by atoms with van der Waals surface area (Å²) in [7, 11) is 1.66. The van der Waals surface area contributed by atoms with Gasteiger partial charge in [-0.15, -0.1) is 0 Å². The molecule has 2 aromatic rings. The molecule has 0 aliphatic carbocycles. The second-order valence-electron chi connectivity index (χ2n) is 7.18. The number of hydrogen-bond acceptors (Lipinski definition) is 6. The fraction of sp³-hybridized carbons (Fsp3) is 0.381. The number of carbonyl (C=O) groups excluding carboxylic acids is 1. The van der Waals surface area contributed by atoms with E-state index in [4.69, 9.17) is 9.47 Å². The number of carbonyl (C=O) groups is 1. The monoisotopic (exact) mass is 433 g/mol. The first-order chi connectivity index (χ1) is 14.3. The van der Waals surface area contributed by atoms with Gasteiger partial charge in [-0.25, -0.2) is 8.42 Å². The minimum atomic E-state index is -3.38. The van der Waals surface area contributed by atoms with Crippen molar-refractivity contribution < 1.29 is 22.7 Å². The molecule has 162 valence electrons. The molecule has 1 amide bonds. The van der Waals surface area contributed by atoms with Gasteiger partial charge in [0.1, 0.15) is 11.5 Å². The normalized spacial score (nSPS) is 15.6. The van der Waals surface area contributed by atoms with E-state index in [-0.39, 0.29) is 11.7 Å². The fourth-order valence-electron chi connectivity index (χ4n) is 3.23. The Morgan fingerprint density at radius 1 is 1.00 bits per heavy atom. The molecule has 9 heteroatoms. The Balaban J connectivity index is 1.67. The van der Waals surface area contributed by atoms with Crippen LogP contribution in [0.1, 0.15) is 15.9 Å². The minimum absolute atomic E-state index is 0.0810. The molecule has 0 aromatic heterocycles. The number of likely N-dealkylation sites (N-methyl/N-ethyl adjacent to an activating group) is 1. The van der Waals surface area contributed by atoms with Crippen molar-refractivity contribution in [1.82, 2.24) is 9.21 Å². The number of amides is 1. The predicted molar refractivity (Wildman–Crippen MR) is 116 cm³/mol. The molecule has 1 fully saturated rings. The first-order valence-corrected chi connectivity index (χ1v) is 11.2. The second kappa shape index (κ2) is 9.46. The van der Waals surface area contributed by atoms with Crippen molar-refractivity contribution in [1.29, 1.82) is 0 Å². The third-order valence-electron chi connectivity index (χ3n) is 5.08. The molecule has 0 bridgehead atoms. The molecule has 0 spiro atoms. The standard InChI is InChI=1S/C21H27N3O5S/c1-23-10-12-24(13-11-23)30(26,27)15-16-4-6-17(7-5-16)21(25)22-19-14-18(28-2)8-9-20(19)29-3/h4-9,14H,10-13,15H2,1-3H3,(H,22,25). The van der Waals surface area contributed by atoms with Crippen LogP contribution in [0.2, 0.25) is 0 Å². The Hall–Kier alpha value is -2.62. The third kappa shape index (κ3) is 5.29. The lowest BCUT2D eigenvalue weighted by atomic mass is 10.1. The van der Waals surface area contributed by atoms with Crippen molar-refractivity contribution in [3.05, 3.63) is 53.6 Å². The van der Waals surface area contributed by atoms with E-state index in [2.05, 4.69) is 10.2 Å². The quantitative estimate of drug-likeness (QED) is 0.719. The van der Waals surface area contributed by atoms with Crippen molar-refractivity contribution in [2.24, 2.45) is 0 Å². The molecule has 0 radical (unpaired) electrons. The van der Waals surface area contributed by atoms with Crippen LogP contribution in [-0.2, 0) is 15.8 Å². The van der Waals surface area contributed by atoms with E-state index < -0.39 is 10.0 Å². The Bertz CT molecular complexity index is 984. The molecule has 1 aliphatic rings. The van der Waals surface area contributed by atoms with Crippen LogP contribution in [0.3, 0.4) is 0 Å². The van der Waals surface area contributed by atoms with E-state index in [1.807, 2.05) is 7.05 Å². The zero-order valence-electron chi connectivity index (χ0n) is 17.4. The first kappa shape index (κ1) is 22.1. The Morgan fingerprint density at radius 2 is 1.67 bits per heavy atom. The molecule has 1 saturated heterocycles. The molecule has 0 atom stereocenters. The highest BCUT2D eigenvalue weighted by molar-refractivity contribution is 7.88. The Kier molecular flexibility index (Phi) is 6.96. The van der Waals surface area contributed by atoms with Gasteiger partial charge >= 0.3 is 0 Å². The number of rotatable bonds is 7. The molecule has 0 unspecified atom stereocenters. The van der Waals surface area contributed by atoms with Crippen molar-refractivity contribution >= 4 is 21.6 Å². The van der Waals surface area contributed by atoms with Gasteiger partial charge in [-0.2, -0.15) is 4.31 Å². The fourth-order valence-corrected chi connectivity index (χ4v) is 4.74. The zero-order chi connectivity index (χ0) is 21.7. The molecule has 30 heavy (non-hydrogen) atoms. The van der Waals surface area contributed by atoms with Gasteiger partial charge < -0.3 is 19.7 Å². The summed E-state index contributed by atoms with van der Waals surface area (Å²) in [6.07, 6.45) is 0. The van der Waals surface area contributed by atoms with Crippen LogP contribution >= 0.6 is 0 Å². The number of nitrogens with one attached hydrogen (secondary N) is 1. The SMILES string of the molecule is COc1ccc(OC)c(NC(=O)c2ccc(CS(=O)(=O)N3CCN(C)CC3)cc2)c1. The van der Waals surface area contributed by atoms with Crippen molar-refractivity contribution in [2.45, 2.75) is 5.75 Å². The number of anilines is 1. The molecule has 1 aliphatic heterocycles. The van der Waals surface area contributed by atoms with Gasteiger partial charge in [-0.05, 0) is 36.9 Å². The predicted octanol–water partition coefficient (Wildman–Crippen LogP) is 2.03. The van der Waals surface area contributed by atoms with Gasteiger partial charge in [0, 0.05) is 37.8 Å². The summed E-state index contributed by atoms with van der Waals surface area (Å²) < 4.78 is 37.3. The van der Waals surface area contributed by atoms with Crippen LogP contribution in [0.4, 0.5) is 5.69 Å². The Morgan fingerprint density at radius 3 is 2.27 bits per heavy atom. The maximum Gasteiger partial charge on any atom is 0.255 e. The lowest BCUT2D eigenvalue weighted by Gasteiger charge is -2.31. The smallest absolute Gasteiger partial charge is 0.255 e. The van der Waals surface area contributed by atoms with Gasteiger partial charge in [0.2, 0.25) is 10.0 Å². The second-order valence-corrected chi connectivity index (χ2v) is 9.14. The largest absolute Gasteiger partial charge is 0.497 e. The van der Waals surface area contributed by atoms with E-state index in [9.17, 15) is 13.2 Å². The maximum atomic E-state index is 12.7. The van der Waals surface area contributed by atoms with E-state index in [1.54, 1.807) is 49.6 Å². The summed E-state index contributed by atoms with van der Waals surface area (Å²) in [4.78, 5) is 14.7. The molecule has 1 heterocycles. The highest BCUT2D eigenvalue weighted by Gasteiger charge is 2.25. The highest BCUT2D eigenvalue weighted by atomic mass is 32.2. The summed E-state index contributed by atoms with van der Waals surface area (Å²) in [6.45, 7) is 2.46. The molecule has 0 saturated carbocycles. The number of nitrogens with zero attached hydrogens (tertiary/aromatic N) is 2. The first-order valence-electron chi connectivity index (χ1n) is 9.61. The van der Waals surface area contributed by atoms with Gasteiger partial charge in [-0.1, -0.05) is 12.1 Å². The number of methoxy groups -OCH3 is 2. The van der Waals surface area contributed by atoms with E-state index in [0.717, 1.165) is 13.1 Å². The average Bonchev–Trinajstić information content (AvgIpc) is 2.74. The van der Waals surface area contributed by atoms with Crippen LogP contribution in [0, 0.1) is 0 Å². The summed E-state index contributed by atoms with van der Waals surface area (Å²) >= 11 is 0. The van der Waals surface area contributed by atoms with Gasteiger partial charge in [0.05, 0.1) is 25.7 Å². The zero-order valence-corrected chi connectivity index (χ0v) is 18.2. The number of hydrogen-bond donors (Lipinski definition) is 1. The number of piperazine rings is 1. The number of ether oxygens (including phenoxy) is 2. The molecular weight excluding hydrogens is 406 g/mol. The maximum absolute atomic E-state index is 12.7. The van der Waals surface area contributed by atoms with E-state index in [0.29, 0.717) is 41.4 Å². The summed E-state index contributed by atoms with van der Waals surface area (Å²) in [5.41, 5.74) is 1.55. The topological polar surface area (TPSA) is 88.2 Å². The Labute approximate surface area is 177 Å². The highest BCUT2D eigenvalue weighted by Crippen LogP contribution is 2.29. The summed E-state index contributed by atoms with van der Waals surface area (Å²) in [5.74, 6) is 0.701. The minimum Gasteiger partial charge on any atom is -0.497 e. The summed E-state index contributed by atoms with van der Waals surface area (Å²) in [6, 6.07) is 11.7. The van der Waals surface area contributed by atoms with Crippen LogP contribution in [-0.4, -0.2) is 71.0 Å². The average molecular weight is 434 g/mol. The van der Waals surface area contributed by atoms with Gasteiger partial charge in [0.15, 0.2) is 0 Å². The molecule has 1 N–H and O–H groups in total. The van der Waals surface area contributed by atoms with E-state index in [1.165, 1.54) is 11.4 Å². The van der Waals surface area contributed by atoms with Crippen LogP contribution in [0.15, 0.2) is 42.5 Å². The van der Waals surface area contributed by atoms with Crippen LogP contribution in [0.5, 0.6) is 11.5 Å². The number of sulfonamides is 1. The van der Waals surface area contributed by atoms with Crippen LogP contribution < -0.4 is 14.8 Å². The summed E-state index contributed by atoms with van der Waals surface area (Å²) in [5, 5.41) is 2.80. The van der Waals surface area contributed by atoms with Crippen molar-refractivity contribution in [3.8, 4) is 11.5 Å². The lowest BCUT2D eigenvalue weighted by Crippen LogP contribution is -2.47.